The van der Waals surface area contributed by atoms with Gasteiger partial charge < -0.3 is 15.7 Å². The molecule has 0 bridgehead atoms. The van der Waals surface area contributed by atoms with Crippen LogP contribution in [0.4, 0.5) is 10.1 Å². The van der Waals surface area contributed by atoms with Gasteiger partial charge in [-0.1, -0.05) is 6.07 Å². The molecule has 1 heterocycles. The molecule has 1 aliphatic heterocycles. The zero-order valence-electron chi connectivity index (χ0n) is 11.5. The first-order valence-corrected chi connectivity index (χ1v) is 6.56. The summed E-state index contributed by atoms with van der Waals surface area (Å²) in [5, 5.41) is 9.82. The zero-order valence-corrected chi connectivity index (χ0v) is 11.5. The van der Waals surface area contributed by atoms with Crippen molar-refractivity contribution in [2.24, 2.45) is 0 Å². The first kappa shape index (κ1) is 14.2. The molecule has 0 radical (unpaired) electrons. The third kappa shape index (κ3) is 3.65. The van der Waals surface area contributed by atoms with Crippen molar-refractivity contribution in [3.05, 3.63) is 29.6 Å². The number of nitrogen functional groups attached to an aromatic ring is 1. The van der Waals surface area contributed by atoms with Crippen LogP contribution in [-0.4, -0.2) is 54.2 Å². The van der Waals surface area contributed by atoms with Crippen molar-refractivity contribution in [1.29, 1.82) is 0 Å². The summed E-state index contributed by atoms with van der Waals surface area (Å²) in [6.07, 6.45) is 0.492. The predicted octanol–water partition coefficient (Wildman–Crippen LogP) is 0.905. The monoisotopic (exact) mass is 267 g/mol. The Balaban J connectivity index is 2.07. The number of hydrogen-bond acceptors (Lipinski definition) is 4. The second-order valence-corrected chi connectivity index (χ2v) is 5.58. The molecule has 4 nitrogen and oxygen atoms in total. The molecule has 1 aromatic carbocycles. The van der Waals surface area contributed by atoms with Crippen molar-refractivity contribution in [2.75, 3.05) is 32.9 Å². The Morgan fingerprint density at radius 3 is 2.84 bits per heavy atom. The van der Waals surface area contributed by atoms with Gasteiger partial charge in [0.15, 0.2) is 0 Å². The molecule has 1 saturated heterocycles. The summed E-state index contributed by atoms with van der Waals surface area (Å²) in [4.78, 5) is 4.33. The van der Waals surface area contributed by atoms with Crippen molar-refractivity contribution in [2.45, 2.75) is 25.1 Å². The molecule has 5 heteroatoms. The number of rotatable bonds is 4. The van der Waals surface area contributed by atoms with Gasteiger partial charge in [0.2, 0.25) is 0 Å². The van der Waals surface area contributed by atoms with E-state index in [2.05, 4.69) is 9.80 Å². The van der Waals surface area contributed by atoms with E-state index >= 15 is 0 Å². The van der Waals surface area contributed by atoms with E-state index in [9.17, 15) is 9.50 Å². The quantitative estimate of drug-likeness (QED) is 0.796. The Hall–Kier alpha value is -1.17. The number of β-amino-alcohol motifs (C(OH)–C–C–N with tert-alkyl or cyclic N) is 1. The molecule has 2 unspecified atom stereocenters. The highest BCUT2D eigenvalue weighted by Gasteiger charge is 2.31. The Morgan fingerprint density at radius 1 is 1.47 bits per heavy atom. The molecule has 0 aliphatic carbocycles. The van der Waals surface area contributed by atoms with Crippen molar-refractivity contribution in [3.63, 3.8) is 0 Å². The minimum Gasteiger partial charge on any atom is -0.398 e. The molecule has 0 amide bonds. The first-order chi connectivity index (χ1) is 8.95. The summed E-state index contributed by atoms with van der Waals surface area (Å²) < 4.78 is 13.0. The summed E-state index contributed by atoms with van der Waals surface area (Å²) in [5.41, 5.74) is 7.23. The lowest BCUT2D eigenvalue weighted by Gasteiger charge is -2.27. The van der Waals surface area contributed by atoms with Crippen LogP contribution in [0.5, 0.6) is 0 Å². The number of aliphatic hydroxyl groups is 1. The Kier molecular flexibility index (Phi) is 4.39. The highest BCUT2D eigenvalue weighted by molar-refractivity contribution is 5.46. The van der Waals surface area contributed by atoms with E-state index in [-0.39, 0.29) is 11.9 Å². The standard InChI is InChI=1S/C14H22FN3O/c1-17(2)8-12-6-13(19)9-18(12)7-10-3-4-11(15)5-14(10)16/h3-5,12-13,19H,6-9,16H2,1-2H3. The molecular formula is C14H22FN3O. The molecule has 1 fully saturated rings. The van der Waals surface area contributed by atoms with Crippen molar-refractivity contribution >= 4 is 5.69 Å². The Bertz CT molecular complexity index is 439. The third-order valence-electron chi connectivity index (χ3n) is 3.56. The summed E-state index contributed by atoms with van der Waals surface area (Å²) in [5.74, 6) is -0.312. The molecule has 1 aliphatic rings. The van der Waals surface area contributed by atoms with Crippen molar-refractivity contribution in [3.8, 4) is 0 Å². The minimum absolute atomic E-state index is 0.286. The van der Waals surface area contributed by atoms with Crippen LogP contribution in [0.25, 0.3) is 0 Å². The highest BCUT2D eigenvalue weighted by atomic mass is 19.1. The molecule has 0 aromatic heterocycles. The normalized spacial score (nSPS) is 24.3. The van der Waals surface area contributed by atoms with Gasteiger partial charge in [0, 0.05) is 31.4 Å². The summed E-state index contributed by atoms with van der Waals surface area (Å²) >= 11 is 0. The fraction of sp³-hybridized carbons (Fsp3) is 0.571. The molecule has 1 aromatic rings. The summed E-state index contributed by atoms with van der Waals surface area (Å²) in [6.45, 7) is 2.20. The van der Waals surface area contributed by atoms with E-state index in [1.54, 1.807) is 6.07 Å². The molecule has 0 spiro atoms. The number of nitrogens with zero attached hydrogens (tertiary/aromatic N) is 2. The number of halogens is 1. The van der Waals surface area contributed by atoms with Gasteiger partial charge in [0.25, 0.3) is 0 Å². The maximum Gasteiger partial charge on any atom is 0.125 e. The topological polar surface area (TPSA) is 52.7 Å². The number of anilines is 1. The molecule has 2 rings (SSSR count). The summed E-state index contributed by atoms with van der Waals surface area (Å²) in [7, 11) is 4.05. The molecule has 3 N–H and O–H groups in total. The van der Waals surface area contributed by atoms with Crippen LogP contribution < -0.4 is 5.73 Å². The lowest BCUT2D eigenvalue weighted by molar-refractivity contribution is 0.169. The minimum atomic E-state index is -0.312. The maximum atomic E-state index is 13.0. The van der Waals surface area contributed by atoms with Gasteiger partial charge in [0.05, 0.1) is 6.10 Å². The molecule has 0 saturated carbocycles. The van der Waals surface area contributed by atoms with Gasteiger partial charge in [-0.15, -0.1) is 0 Å². The number of hydrogen-bond donors (Lipinski definition) is 2. The van der Waals surface area contributed by atoms with Crippen molar-refractivity contribution < 1.29 is 9.50 Å². The van der Waals surface area contributed by atoms with Gasteiger partial charge in [-0.25, -0.2) is 4.39 Å². The number of benzene rings is 1. The van der Waals surface area contributed by atoms with Crippen LogP contribution in [-0.2, 0) is 6.54 Å². The average Bonchev–Trinajstić information content (AvgIpc) is 2.62. The van der Waals surface area contributed by atoms with Gasteiger partial charge >= 0.3 is 0 Å². The SMILES string of the molecule is CN(C)CC1CC(O)CN1Cc1ccc(F)cc1N. The van der Waals surface area contributed by atoms with E-state index < -0.39 is 0 Å². The average molecular weight is 267 g/mol. The van der Waals surface area contributed by atoms with E-state index in [0.717, 1.165) is 18.5 Å². The van der Waals surface area contributed by atoms with Crippen molar-refractivity contribution in [1.82, 2.24) is 9.80 Å². The Labute approximate surface area is 113 Å². The predicted molar refractivity (Wildman–Crippen MR) is 74.2 cm³/mol. The van der Waals surface area contributed by atoms with Gasteiger partial charge in [0.1, 0.15) is 5.82 Å². The molecular weight excluding hydrogens is 245 g/mol. The van der Waals surface area contributed by atoms with Crippen LogP contribution in [0, 0.1) is 5.82 Å². The highest BCUT2D eigenvalue weighted by Crippen LogP contribution is 2.23. The Morgan fingerprint density at radius 2 is 2.21 bits per heavy atom. The summed E-state index contributed by atoms with van der Waals surface area (Å²) in [6, 6.07) is 4.82. The smallest absolute Gasteiger partial charge is 0.125 e. The van der Waals surface area contributed by atoms with E-state index in [1.807, 2.05) is 14.1 Å². The molecule has 2 atom stereocenters. The first-order valence-electron chi connectivity index (χ1n) is 6.56. The largest absolute Gasteiger partial charge is 0.398 e. The van der Waals surface area contributed by atoms with E-state index in [0.29, 0.717) is 24.8 Å². The van der Waals surface area contributed by atoms with E-state index in [1.165, 1.54) is 12.1 Å². The van der Waals surface area contributed by atoms with Crippen LogP contribution in [0.3, 0.4) is 0 Å². The number of likely N-dealkylation sites (N-methyl/N-ethyl adjacent to an activating group) is 1. The number of nitrogens with two attached hydrogens (primary N) is 1. The van der Waals surface area contributed by atoms with Crippen LogP contribution in [0.1, 0.15) is 12.0 Å². The third-order valence-corrected chi connectivity index (χ3v) is 3.56. The van der Waals surface area contributed by atoms with Crippen LogP contribution >= 0.6 is 0 Å². The number of likely N-dealkylation sites (tertiary alicyclic amines) is 1. The second kappa shape index (κ2) is 5.86. The second-order valence-electron chi connectivity index (χ2n) is 5.58. The molecule has 106 valence electrons. The fourth-order valence-corrected chi connectivity index (χ4v) is 2.69. The maximum absolute atomic E-state index is 13.0. The lowest BCUT2D eigenvalue weighted by atomic mass is 10.1. The lowest BCUT2D eigenvalue weighted by Crippen LogP contribution is -2.37. The van der Waals surface area contributed by atoms with Crippen LogP contribution in [0.15, 0.2) is 18.2 Å². The van der Waals surface area contributed by atoms with E-state index in [4.69, 9.17) is 5.73 Å². The zero-order chi connectivity index (χ0) is 14.0. The van der Waals surface area contributed by atoms with Gasteiger partial charge in [-0.05, 0) is 38.2 Å². The molecule has 19 heavy (non-hydrogen) atoms. The van der Waals surface area contributed by atoms with Gasteiger partial charge in [-0.3, -0.25) is 4.90 Å². The van der Waals surface area contributed by atoms with Crippen LogP contribution in [0.2, 0.25) is 0 Å². The number of aliphatic hydroxyl groups excluding tert-OH is 1. The fourth-order valence-electron chi connectivity index (χ4n) is 2.69. The van der Waals surface area contributed by atoms with Gasteiger partial charge in [-0.2, -0.15) is 0 Å².